The maximum atomic E-state index is 14.1. The van der Waals surface area contributed by atoms with E-state index < -0.39 is 30.9 Å². The highest BCUT2D eigenvalue weighted by atomic mass is 28.4. The van der Waals surface area contributed by atoms with Crippen molar-refractivity contribution in [3.63, 3.8) is 0 Å². The molecule has 1 amide bonds. The molecule has 2 aliphatic rings. The summed E-state index contributed by atoms with van der Waals surface area (Å²) in [6.07, 6.45) is 3.33. The Morgan fingerprint density at radius 1 is 1.27 bits per heavy atom. The molecule has 11 nitrogen and oxygen atoms in total. The molecule has 1 fully saturated rings. The number of aliphatic hydroxyl groups excluding tert-OH is 1. The summed E-state index contributed by atoms with van der Waals surface area (Å²) in [5.41, 5.74) is 0.655. The van der Waals surface area contributed by atoms with Crippen molar-refractivity contribution in [2.24, 2.45) is 5.92 Å². The van der Waals surface area contributed by atoms with Gasteiger partial charge in [0.1, 0.15) is 0 Å². The van der Waals surface area contributed by atoms with Gasteiger partial charge in [-0.1, -0.05) is 48.5 Å². The highest BCUT2D eigenvalue weighted by Crippen LogP contribution is 2.60. The van der Waals surface area contributed by atoms with E-state index in [0.717, 1.165) is 5.56 Å². The number of carbonyl (C=O) groups is 1. The molecule has 12 heteroatoms. The molecule has 2 N–H and O–H groups in total. The van der Waals surface area contributed by atoms with Gasteiger partial charge in [-0.3, -0.25) is 19.6 Å². The van der Waals surface area contributed by atoms with Crippen LogP contribution in [-0.4, -0.2) is 63.3 Å². The minimum absolute atomic E-state index is 0.115. The molecule has 216 valence electrons. The molecule has 0 bridgehead atoms. The summed E-state index contributed by atoms with van der Waals surface area (Å²) in [5.74, 6) is -1.06. The number of nitrogens with zero attached hydrogens (tertiary/aromatic N) is 5. The first-order valence-corrected chi connectivity index (χ1v) is 16.7. The fraction of sp³-hybridized carbons (Fsp3) is 0.414. The summed E-state index contributed by atoms with van der Waals surface area (Å²) in [6, 6.07) is 14.0. The van der Waals surface area contributed by atoms with Crippen molar-refractivity contribution in [2.45, 2.75) is 56.1 Å². The topological polar surface area (TPSA) is 144 Å². The Hall–Kier alpha value is -3.71. The molecule has 0 radical (unpaired) electrons. The van der Waals surface area contributed by atoms with Crippen LogP contribution in [0.1, 0.15) is 36.1 Å². The second kappa shape index (κ2) is 10.9. The van der Waals surface area contributed by atoms with E-state index in [-0.39, 0.29) is 36.2 Å². The van der Waals surface area contributed by atoms with E-state index in [1.54, 1.807) is 27.9 Å². The SMILES string of the molecule is C=CCN1C(=O)[C@]2(O[C@H](CCn3cc(C(CO)c4ccccc4)nn3)[C@@H]([Si](C)(C)O)[C@@H]2C)c2cc([N+](=O)[O-])ccc21. The third-order valence-corrected chi connectivity index (χ3v) is 10.9. The number of amides is 1. The van der Waals surface area contributed by atoms with E-state index in [0.29, 0.717) is 29.9 Å². The van der Waals surface area contributed by atoms with Crippen LogP contribution in [0.5, 0.6) is 0 Å². The minimum Gasteiger partial charge on any atom is -0.432 e. The number of aryl methyl sites for hydroxylation is 1. The number of aliphatic hydroxyl groups is 1. The van der Waals surface area contributed by atoms with Gasteiger partial charge in [0.15, 0.2) is 13.9 Å². The normalized spacial score (nSPS) is 24.6. The highest BCUT2D eigenvalue weighted by molar-refractivity contribution is 6.71. The molecule has 1 aromatic heterocycles. The molecule has 1 unspecified atom stereocenters. The second-order valence-corrected chi connectivity index (χ2v) is 15.3. The number of anilines is 1. The molecule has 2 aromatic carbocycles. The van der Waals surface area contributed by atoms with Crippen molar-refractivity contribution in [1.29, 1.82) is 0 Å². The van der Waals surface area contributed by atoms with Crippen LogP contribution in [0.15, 0.2) is 67.4 Å². The van der Waals surface area contributed by atoms with Gasteiger partial charge in [0, 0.05) is 48.4 Å². The first-order valence-electron chi connectivity index (χ1n) is 13.7. The number of rotatable bonds is 10. The van der Waals surface area contributed by atoms with E-state index in [1.807, 2.05) is 50.3 Å². The van der Waals surface area contributed by atoms with Gasteiger partial charge in [0.25, 0.3) is 11.6 Å². The van der Waals surface area contributed by atoms with E-state index in [2.05, 4.69) is 16.9 Å². The first-order chi connectivity index (χ1) is 19.5. The molecule has 1 spiro atoms. The Kier molecular flexibility index (Phi) is 7.68. The van der Waals surface area contributed by atoms with Crippen molar-refractivity contribution >= 4 is 25.6 Å². The van der Waals surface area contributed by atoms with Crippen molar-refractivity contribution in [3.05, 3.63) is 94.3 Å². The Balaban J connectivity index is 1.46. The molecule has 2 aliphatic heterocycles. The minimum atomic E-state index is -2.90. The quantitative estimate of drug-likeness (QED) is 0.161. The maximum absolute atomic E-state index is 14.1. The van der Waals surface area contributed by atoms with Crippen LogP contribution in [0.25, 0.3) is 0 Å². The number of benzene rings is 2. The standard InChI is InChI=1S/C29H35N5O6Si/c1-5-14-33-25-12-11-21(34(37)38)16-23(25)29(28(33)36)19(2)27(41(3,4)39)26(40-29)13-15-32-17-24(30-31-32)22(18-35)20-9-7-6-8-10-20/h5-12,16-17,19,22,26-27,35,39H,1,13-15,18H2,2-4H3/t19-,22?,26+,27-,29+/m0/s1. The summed E-state index contributed by atoms with van der Waals surface area (Å²) in [5, 5.41) is 30.3. The van der Waals surface area contributed by atoms with Crippen molar-refractivity contribution in [1.82, 2.24) is 15.0 Å². The number of non-ortho nitro benzene ring substituents is 1. The fourth-order valence-electron chi connectivity index (χ4n) is 6.66. The molecule has 41 heavy (non-hydrogen) atoms. The number of carbonyl (C=O) groups excluding carboxylic acids is 1. The average Bonchev–Trinajstić information content (AvgIpc) is 3.59. The second-order valence-electron chi connectivity index (χ2n) is 11.4. The molecule has 1 saturated heterocycles. The highest BCUT2D eigenvalue weighted by Gasteiger charge is 2.66. The van der Waals surface area contributed by atoms with Crippen LogP contribution >= 0.6 is 0 Å². The van der Waals surface area contributed by atoms with E-state index >= 15 is 0 Å². The van der Waals surface area contributed by atoms with Gasteiger partial charge in [0.05, 0.1) is 34.9 Å². The van der Waals surface area contributed by atoms with Crippen molar-refractivity contribution < 1.29 is 24.4 Å². The fourth-order valence-corrected chi connectivity index (χ4v) is 9.26. The number of ether oxygens (including phenoxy) is 1. The molecule has 0 saturated carbocycles. The number of nitro benzene ring substituents is 1. The van der Waals surface area contributed by atoms with Crippen LogP contribution in [-0.2, 0) is 21.7 Å². The number of fused-ring (bicyclic) bond motifs is 2. The van der Waals surface area contributed by atoms with Crippen molar-refractivity contribution in [2.75, 3.05) is 18.1 Å². The van der Waals surface area contributed by atoms with Crippen LogP contribution in [0.4, 0.5) is 11.4 Å². The van der Waals surface area contributed by atoms with Gasteiger partial charge in [-0.25, -0.2) is 0 Å². The van der Waals surface area contributed by atoms with Gasteiger partial charge in [0.2, 0.25) is 0 Å². The lowest BCUT2D eigenvalue weighted by Crippen LogP contribution is -2.46. The summed E-state index contributed by atoms with van der Waals surface area (Å²) >= 11 is 0. The van der Waals surface area contributed by atoms with Gasteiger partial charge in [-0.2, -0.15) is 0 Å². The lowest BCUT2D eigenvalue weighted by Gasteiger charge is -2.32. The summed E-state index contributed by atoms with van der Waals surface area (Å²) in [6.45, 7) is 9.85. The Labute approximate surface area is 239 Å². The third kappa shape index (κ3) is 4.90. The number of nitro groups is 1. The smallest absolute Gasteiger partial charge is 0.269 e. The molecule has 5 atom stereocenters. The molecule has 5 rings (SSSR count). The number of hydrogen-bond donors (Lipinski definition) is 2. The maximum Gasteiger partial charge on any atom is 0.269 e. The monoisotopic (exact) mass is 577 g/mol. The van der Waals surface area contributed by atoms with E-state index in [1.165, 1.54) is 12.1 Å². The Bertz CT molecular complexity index is 1460. The van der Waals surface area contributed by atoms with Gasteiger partial charge >= 0.3 is 0 Å². The Morgan fingerprint density at radius 3 is 2.63 bits per heavy atom. The average molecular weight is 578 g/mol. The predicted molar refractivity (Wildman–Crippen MR) is 155 cm³/mol. The predicted octanol–water partition coefficient (Wildman–Crippen LogP) is 3.73. The summed E-state index contributed by atoms with van der Waals surface area (Å²) in [4.78, 5) is 38.2. The molecule has 0 aliphatic carbocycles. The molecule has 3 aromatic rings. The van der Waals surface area contributed by atoms with Crippen LogP contribution in [0, 0.1) is 16.0 Å². The van der Waals surface area contributed by atoms with Crippen LogP contribution in [0.2, 0.25) is 18.6 Å². The largest absolute Gasteiger partial charge is 0.432 e. The third-order valence-electron chi connectivity index (χ3n) is 8.43. The first kappa shape index (κ1) is 28.8. The van der Waals surface area contributed by atoms with E-state index in [4.69, 9.17) is 4.74 Å². The van der Waals surface area contributed by atoms with Crippen molar-refractivity contribution in [3.8, 4) is 0 Å². The zero-order chi connectivity index (χ0) is 29.5. The lowest BCUT2D eigenvalue weighted by atomic mass is 9.82. The zero-order valence-corrected chi connectivity index (χ0v) is 24.4. The molecular weight excluding hydrogens is 542 g/mol. The zero-order valence-electron chi connectivity index (χ0n) is 23.4. The van der Waals surface area contributed by atoms with Crippen LogP contribution in [0.3, 0.4) is 0 Å². The van der Waals surface area contributed by atoms with E-state index in [9.17, 15) is 24.8 Å². The number of hydrogen-bond acceptors (Lipinski definition) is 8. The van der Waals surface area contributed by atoms with Gasteiger partial charge in [-0.15, -0.1) is 11.7 Å². The van der Waals surface area contributed by atoms with Crippen LogP contribution < -0.4 is 4.90 Å². The number of aromatic nitrogens is 3. The summed E-state index contributed by atoms with van der Waals surface area (Å²) in [7, 11) is -2.90. The lowest BCUT2D eigenvalue weighted by molar-refractivity contribution is -0.385. The molecular formula is C29H35N5O6Si. The Morgan fingerprint density at radius 2 is 2.00 bits per heavy atom. The summed E-state index contributed by atoms with van der Waals surface area (Å²) < 4.78 is 8.39. The molecule has 3 heterocycles. The van der Waals surface area contributed by atoms with Gasteiger partial charge in [-0.05, 0) is 31.1 Å². The van der Waals surface area contributed by atoms with Gasteiger partial charge < -0.3 is 19.5 Å².